The summed E-state index contributed by atoms with van der Waals surface area (Å²) >= 11 is 14.8. The van der Waals surface area contributed by atoms with Crippen molar-refractivity contribution < 1.29 is 14.3 Å². The van der Waals surface area contributed by atoms with Crippen molar-refractivity contribution in [3.05, 3.63) is 99.5 Å². The van der Waals surface area contributed by atoms with E-state index in [0.717, 1.165) is 10.8 Å². The lowest BCUT2D eigenvalue weighted by atomic mass is 10.1. The van der Waals surface area contributed by atoms with Crippen molar-refractivity contribution in [2.45, 2.75) is 0 Å². The van der Waals surface area contributed by atoms with Crippen LogP contribution in [0, 0.1) is 0 Å². The summed E-state index contributed by atoms with van der Waals surface area (Å²) in [5, 5.41) is 10.9. The lowest BCUT2D eigenvalue weighted by Crippen LogP contribution is -2.34. The van der Waals surface area contributed by atoms with E-state index in [-0.39, 0.29) is 11.0 Å². The Kier molecular flexibility index (Phi) is 7.65. The molecule has 0 spiro atoms. The first-order valence-electron chi connectivity index (χ1n) is 10.4. The summed E-state index contributed by atoms with van der Waals surface area (Å²) in [6, 6.07) is 23.0. The molecular formula is C26H19BrClN3O3S. The van der Waals surface area contributed by atoms with Crippen LogP contribution in [0.2, 0.25) is 5.02 Å². The lowest BCUT2D eigenvalue weighted by molar-refractivity contribution is 0.0973. The van der Waals surface area contributed by atoms with E-state index in [1.54, 1.807) is 54.6 Å². The Morgan fingerprint density at radius 1 is 0.886 bits per heavy atom. The number of anilines is 2. The molecule has 0 aliphatic carbocycles. The van der Waals surface area contributed by atoms with Crippen molar-refractivity contribution in [3.8, 4) is 5.75 Å². The number of thiocarbonyl (C=S) groups is 1. The summed E-state index contributed by atoms with van der Waals surface area (Å²) in [4.78, 5) is 25.3. The number of methoxy groups -OCH3 is 1. The van der Waals surface area contributed by atoms with Gasteiger partial charge in [0.15, 0.2) is 5.11 Å². The van der Waals surface area contributed by atoms with E-state index in [1.807, 2.05) is 24.3 Å². The van der Waals surface area contributed by atoms with Crippen LogP contribution in [0.3, 0.4) is 0 Å². The molecule has 9 heteroatoms. The van der Waals surface area contributed by atoms with Gasteiger partial charge in [-0.05, 0) is 87.5 Å². The van der Waals surface area contributed by atoms with Crippen LogP contribution in [0.15, 0.2) is 83.3 Å². The molecule has 0 radical (unpaired) electrons. The van der Waals surface area contributed by atoms with Crippen LogP contribution >= 0.6 is 39.7 Å². The van der Waals surface area contributed by atoms with Crippen molar-refractivity contribution in [2.75, 3.05) is 17.7 Å². The van der Waals surface area contributed by atoms with Gasteiger partial charge in [-0.1, -0.05) is 41.9 Å². The highest BCUT2D eigenvalue weighted by atomic mass is 79.9. The van der Waals surface area contributed by atoms with Crippen LogP contribution in [0.1, 0.15) is 20.7 Å². The first-order valence-corrected chi connectivity index (χ1v) is 12.0. The molecule has 0 saturated carbocycles. The van der Waals surface area contributed by atoms with Gasteiger partial charge in [0, 0.05) is 22.0 Å². The van der Waals surface area contributed by atoms with Crippen molar-refractivity contribution in [2.24, 2.45) is 0 Å². The molecule has 0 aliphatic rings. The SMILES string of the molecule is COc1c(C(=O)NC(=S)Nc2ccc(NC(=O)c3cccc(Cl)c3)cc2)cc2ccccc2c1Br. The molecule has 2 amide bonds. The number of hydrogen-bond acceptors (Lipinski definition) is 4. The summed E-state index contributed by atoms with van der Waals surface area (Å²) in [6.07, 6.45) is 0. The zero-order valence-corrected chi connectivity index (χ0v) is 21.6. The standard InChI is InChI=1S/C26H19BrClN3O3S/c1-34-23-21(14-15-5-2-3-8-20(15)22(23)27)25(33)31-26(35)30-19-11-9-18(10-12-19)29-24(32)16-6-4-7-17(28)13-16/h2-14H,1H3,(H,29,32)(H2,30,31,33,35). The number of ether oxygens (including phenoxy) is 1. The summed E-state index contributed by atoms with van der Waals surface area (Å²) in [5.74, 6) is -0.258. The van der Waals surface area contributed by atoms with Crippen LogP contribution < -0.4 is 20.7 Å². The fraction of sp³-hybridized carbons (Fsp3) is 0.0385. The topological polar surface area (TPSA) is 79.5 Å². The zero-order chi connectivity index (χ0) is 24.9. The van der Waals surface area contributed by atoms with Gasteiger partial charge in [0.1, 0.15) is 5.75 Å². The van der Waals surface area contributed by atoms with E-state index in [0.29, 0.717) is 37.7 Å². The number of hydrogen-bond donors (Lipinski definition) is 3. The maximum absolute atomic E-state index is 13.0. The Balaban J connectivity index is 1.41. The van der Waals surface area contributed by atoms with Gasteiger partial charge in [-0.25, -0.2) is 0 Å². The highest BCUT2D eigenvalue weighted by molar-refractivity contribution is 9.10. The number of nitrogens with one attached hydrogen (secondary N) is 3. The Morgan fingerprint density at radius 3 is 2.26 bits per heavy atom. The number of rotatable bonds is 5. The van der Waals surface area contributed by atoms with E-state index in [4.69, 9.17) is 28.6 Å². The summed E-state index contributed by atoms with van der Waals surface area (Å²) in [7, 11) is 1.51. The van der Waals surface area contributed by atoms with Crippen LogP contribution in [0.25, 0.3) is 10.8 Å². The van der Waals surface area contributed by atoms with Gasteiger partial charge >= 0.3 is 0 Å². The first-order chi connectivity index (χ1) is 16.9. The van der Waals surface area contributed by atoms with E-state index in [2.05, 4.69) is 31.9 Å². The molecule has 0 aromatic heterocycles. The van der Waals surface area contributed by atoms with Crippen molar-refractivity contribution in [3.63, 3.8) is 0 Å². The third-order valence-electron chi connectivity index (χ3n) is 5.10. The smallest absolute Gasteiger partial charge is 0.261 e. The van der Waals surface area contributed by atoms with E-state index in [1.165, 1.54) is 7.11 Å². The average molecular weight is 569 g/mol. The molecule has 3 N–H and O–H groups in total. The molecule has 0 unspecified atom stereocenters. The number of benzene rings is 4. The number of amides is 2. The minimum atomic E-state index is -0.406. The van der Waals surface area contributed by atoms with Crippen LogP contribution in [-0.2, 0) is 0 Å². The number of carbonyl (C=O) groups is 2. The average Bonchev–Trinajstić information content (AvgIpc) is 2.85. The maximum atomic E-state index is 13.0. The Labute approximate surface area is 220 Å². The van der Waals surface area contributed by atoms with Crippen molar-refractivity contribution >= 4 is 78.8 Å². The minimum absolute atomic E-state index is 0.122. The van der Waals surface area contributed by atoms with Gasteiger partial charge in [-0.2, -0.15) is 0 Å². The molecule has 4 rings (SSSR count). The van der Waals surface area contributed by atoms with Gasteiger partial charge in [0.25, 0.3) is 11.8 Å². The third kappa shape index (κ3) is 5.79. The Bertz CT molecular complexity index is 1440. The van der Waals surface area contributed by atoms with E-state index < -0.39 is 5.91 Å². The van der Waals surface area contributed by atoms with Gasteiger partial charge in [-0.15, -0.1) is 0 Å². The second-order valence-electron chi connectivity index (χ2n) is 7.44. The largest absolute Gasteiger partial charge is 0.495 e. The predicted octanol–water partition coefficient (Wildman–Crippen LogP) is 6.64. The first kappa shape index (κ1) is 24.7. The highest BCUT2D eigenvalue weighted by Crippen LogP contribution is 2.36. The molecule has 0 saturated heterocycles. The molecule has 6 nitrogen and oxygen atoms in total. The highest BCUT2D eigenvalue weighted by Gasteiger charge is 2.19. The second-order valence-corrected chi connectivity index (χ2v) is 9.08. The monoisotopic (exact) mass is 567 g/mol. The molecular weight excluding hydrogens is 550 g/mol. The van der Waals surface area contributed by atoms with Gasteiger partial charge < -0.3 is 15.4 Å². The predicted molar refractivity (Wildman–Crippen MR) is 148 cm³/mol. The van der Waals surface area contributed by atoms with Crippen molar-refractivity contribution in [1.82, 2.24) is 5.32 Å². The molecule has 0 bridgehead atoms. The maximum Gasteiger partial charge on any atom is 0.261 e. The van der Waals surface area contributed by atoms with Crippen LogP contribution in [-0.4, -0.2) is 24.0 Å². The molecule has 0 atom stereocenters. The number of carbonyl (C=O) groups excluding carboxylic acids is 2. The number of fused-ring (bicyclic) bond motifs is 1. The molecule has 176 valence electrons. The fourth-order valence-corrected chi connectivity index (χ4v) is 4.59. The van der Waals surface area contributed by atoms with Crippen molar-refractivity contribution in [1.29, 1.82) is 0 Å². The Morgan fingerprint density at radius 2 is 1.57 bits per heavy atom. The number of halogens is 2. The molecule has 0 fully saturated rings. The van der Waals surface area contributed by atoms with Crippen LogP contribution in [0.5, 0.6) is 5.75 Å². The normalized spacial score (nSPS) is 10.5. The van der Waals surface area contributed by atoms with E-state index in [9.17, 15) is 9.59 Å². The molecule has 0 aliphatic heterocycles. The van der Waals surface area contributed by atoms with Gasteiger partial charge in [0.05, 0.1) is 17.1 Å². The summed E-state index contributed by atoms with van der Waals surface area (Å²) in [5.41, 5.74) is 2.05. The lowest BCUT2D eigenvalue weighted by Gasteiger charge is -2.15. The fourth-order valence-electron chi connectivity index (χ4n) is 3.46. The van der Waals surface area contributed by atoms with Gasteiger partial charge in [-0.3, -0.25) is 14.9 Å². The quantitative estimate of drug-likeness (QED) is 0.235. The summed E-state index contributed by atoms with van der Waals surface area (Å²) in [6.45, 7) is 0. The Hall–Kier alpha value is -3.46. The zero-order valence-electron chi connectivity index (χ0n) is 18.4. The third-order valence-corrected chi connectivity index (χ3v) is 6.33. The van der Waals surface area contributed by atoms with Crippen LogP contribution in [0.4, 0.5) is 11.4 Å². The molecule has 4 aromatic rings. The second kappa shape index (κ2) is 10.9. The molecule has 35 heavy (non-hydrogen) atoms. The van der Waals surface area contributed by atoms with Gasteiger partial charge in [0.2, 0.25) is 0 Å². The molecule has 0 heterocycles. The summed E-state index contributed by atoms with van der Waals surface area (Å²) < 4.78 is 6.17. The minimum Gasteiger partial charge on any atom is -0.495 e. The molecule has 4 aromatic carbocycles. The van der Waals surface area contributed by atoms with E-state index >= 15 is 0 Å².